The summed E-state index contributed by atoms with van der Waals surface area (Å²) in [6.07, 6.45) is -0.359. The van der Waals surface area contributed by atoms with Gasteiger partial charge in [-0.2, -0.15) is 24.9 Å². The summed E-state index contributed by atoms with van der Waals surface area (Å²) < 4.78 is 36.4. The van der Waals surface area contributed by atoms with Crippen LogP contribution in [0.4, 0.5) is 13.2 Å². The van der Waals surface area contributed by atoms with Gasteiger partial charge in [0.15, 0.2) is 0 Å². The van der Waals surface area contributed by atoms with E-state index in [2.05, 4.69) is 5.32 Å². The van der Waals surface area contributed by atoms with Crippen LogP contribution in [0.5, 0.6) is 0 Å². The molecule has 0 spiro atoms. The first kappa shape index (κ1) is 14.1. The average molecular weight is 256 g/mol. The average Bonchev–Trinajstić information content (AvgIpc) is 2.19. The Balaban J connectivity index is 2.13. The lowest BCUT2D eigenvalue weighted by atomic mass is 10.1. The zero-order chi connectivity index (χ0) is 12.0. The summed E-state index contributed by atoms with van der Waals surface area (Å²) in [6.45, 7) is 1.29. The molecular formula is C10H19F3N2S. The van der Waals surface area contributed by atoms with Gasteiger partial charge in [0.1, 0.15) is 0 Å². The summed E-state index contributed by atoms with van der Waals surface area (Å²) in [5.41, 5.74) is 0. The Kier molecular flexibility index (Phi) is 5.92. The minimum Gasteiger partial charge on any atom is -0.313 e. The number of hydrogen-bond acceptors (Lipinski definition) is 3. The molecule has 1 saturated heterocycles. The number of hydrogen-bond donors (Lipinski definition) is 1. The standard InChI is InChI=1S/C10H19F3N2S/c1-16-7-4-14-9-2-5-15(6-3-9)8-10(11,12)13/h9,14H,2-8H2,1H3. The minimum absolute atomic E-state index is 0.400. The van der Waals surface area contributed by atoms with Gasteiger partial charge in [-0.15, -0.1) is 0 Å². The van der Waals surface area contributed by atoms with E-state index in [-0.39, 0.29) is 0 Å². The summed E-state index contributed by atoms with van der Waals surface area (Å²) in [5.74, 6) is 1.06. The van der Waals surface area contributed by atoms with Crippen molar-refractivity contribution < 1.29 is 13.2 Å². The molecule has 0 unspecified atom stereocenters. The first-order valence-electron chi connectivity index (χ1n) is 5.52. The molecule has 6 heteroatoms. The zero-order valence-electron chi connectivity index (χ0n) is 9.52. The van der Waals surface area contributed by atoms with Crippen molar-refractivity contribution in [2.45, 2.75) is 25.1 Å². The molecule has 0 bridgehead atoms. The van der Waals surface area contributed by atoms with E-state index < -0.39 is 12.7 Å². The van der Waals surface area contributed by atoms with Crippen LogP contribution in [-0.2, 0) is 0 Å². The molecule has 0 atom stereocenters. The van der Waals surface area contributed by atoms with Gasteiger partial charge in [0.25, 0.3) is 0 Å². The highest BCUT2D eigenvalue weighted by Gasteiger charge is 2.32. The molecule has 0 radical (unpaired) electrons. The maximum atomic E-state index is 12.1. The predicted octanol–water partition coefficient (Wildman–Crippen LogP) is 1.97. The van der Waals surface area contributed by atoms with E-state index in [1.807, 2.05) is 6.26 Å². The van der Waals surface area contributed by atoms with Gasteiger partial charge in [0, 0.05) is 18.3 Å². The van der Waals surface area contributed by atoms with Crippen molar-refractivity contribution in [2.24, 2.45) is 0 Å². The largest absolute Gasteiger partial charge is 0.401 e. The molecule has 0 amide bonds. The Labute approximate surface area is 98.9 Å². The molecule has 1 N–H and O–H groups in total. The van der Waals surface area contributed by atoms with Gasteiger partial charge in [-0.25, -0.2) is 0 Å². The van der Waals surface area contributed by atoms with Crippen molar-refractivity contribution in [3.63, 3.8) is 0 Å². The van der Waals surface area contributed by atoms with Crippen LogP contribution < -0.4 is 5.32 Å². The molecule has 1 fully saturated rings. The van der Waals surface area contributed by atoms with Crippen LogP contribution in [0.2, 0.25) is 0 Å². The van der Waals surface area contributed by atoms with Crippen LogP contribution in [0.3, 0.4) is 0 Å². The lowest BCUT2D eigenvalue weighted by molar-refractivity contribution is -0.148. The molecule has 0 aromatic carbocycles. The number of halogens is 3. The normalized spacial score (nSPS) is 20.2. The van der Waals surface area contributed by atoms with Crippen molar-refractivity contribution in [1.29, 1.82) is 0 Å². The Morgan fingerprint density at radius 1 is 1.31 bits per heavy atom. The van der Waals surface area contributed by atoms with Crippen molar-refractivity contribution in [3.8, 4) is 0 Å². The summed E-state index contributed by atoms with van der Waals surface area (Å²) in [4.78, 5) is 1.49. The number of piperidine rings is 1. The summed E-state index contributed by atoms with van der Waals surface area (Å²) in [6, 6.07) is 0.400. The van der Waals surface area contributed by atoms with E-state index in [9.17, 15) is 13.2 Å². The maximum Gasteiger partial charge on any atom is 0.401 e. The fraction of sp³-hybridized carbons (Fsp3) is 1.00. The number of thioether (sulfide) groups is 1. The van der Waals surface area contributed by atoms with Crippen molar-refractivity contribution >= 4 is 11.8 Å². The molecule has 0 aromatic rings. The lowest BCUT2D eigenvalue weighted by Gasteiger charge is -2.32. The quantitative estimate of drug-likeness (QED) is 0.757. The van der Waals surface area contributed by atoms with Crippen LogP contribution in [-0.4, -0.2) is 55.3 Å². The molecule has 16 heavy (non-hydrogen) atoms. The fourth-order valence-corrected chi connectivity index (χ4v) is 2.24. The first-order chi connectivity index (χ1) is 7.51. The van der Waals surface area contributed by atoms with E-state index in [0.717, 1.165) is 25.1 Å². The number of likely N-dealkylation sites (tertiary alicyclic amines) is 1. The molecule has 0 aromatic heterocycles. The lowest BCUT2D eigenvalue weighted by Crippen LogP contribution is -2.45. The molecule has 96 valence electrons. The van der Waals surface area contributed by atoms with Gasteiger partial charge >= 0.3 is 6.18 Å². The van der Waals surface area contributed by atoms with E-state index in [0.29, 0.717) is 19.1 Å². The molecule has 1 aliphatic heterocycles. The van der Waals surface area contributed by atoms with Gasteiger partial charge < -0.3 is 5.32 Å². The maximum absolute atomic E-state index is 12.1. The van der Waals surface area contributed by atoms with E-state index >= 15 is 0 Å². The Bertz CT molecular complexity index is 191. The van der Waals surface area contributed by atoms with Gasteiger partial charge in [0.2, 0.25) is 0 Å². The second kappa shape index (κ2) is 6.71. The SMILES string of the molecule is CSCCNC1CCN(CC(F)(F)F)CC1. The Morgan fingerprint density at radius 2 is 1.94 bits per heavy atom. The molecule has 1 rings (SSSR count). The van der Waals surface area contributed by atoms with Crippen molar-refractivity contribution in [1.82, 2.24) is 10.2 Å². The second-order valence-corrected chi connectivity index (χ2v) is 5.10. The summed E-state index contributed by atoms with van der Waals surface area (Å²) >= 11 is 1.78. The molecular weight excluding hydrogens is 237 g/mol. The number of nitrogens with one attached hydrogen (secondary N) is 1. The Hall–Kier alpha value is 0.0600. The number of nitrogens with zero attached hydrogens (tertiary/aromatic N) is 1. The second-order valence-electron chi connectivity index (χ2n) is 4.11. The van der Waals surface area contributed by atoms with Crippen molar-refractivity contribution in [3.05, 3.63) is 0 Å². The zero-order valence-corrected chi connectivity index (χ0v) is 10.3. The Morgan fingerprint density at radius 3 is 2.44 bits per heavy atom. The first-order valence-corrected chi connectivity index (χ1v) is 6.92. The van der Waals surface area contributed by atoms with Crippen LogP contribution in [0.1, 0.15) is 12.8 Å². The smallest absolute Gasteiger partial charge is 0.313 e. The van der Waals surface area contributed by atoms with Gasteiger partial charge in [-0.05, 0) is 32.2 Å². The third kappa shape index (κ3) is 5.96. The number of rotatable bonds is 5. The molecule has 1 aliphatic rings. The van der Waals surface area contributed by atoms with Crippen LogP contribution in [0.15, 0.2) is 0 Å². The highest BCUT2D eigenvalue weighted by molar-refractivity contribution is 7.98. The molecule has 2 nitrogen and oxygen atoms in total. The molecule has 0 aliphatic carbocycles. The third-order valence-electron chi connectivity index (χ3n) is 2.73. The van der Waals surface area contributed by atoms with Crippen LogP contribution >= 0.6 is 11.8 Å². The monoisotopic (exact) mass is 256 g/mol. The fourth-order valence-electron chi connectivity index (χ4n) is 1.91. The third-order valence-corrected chi connectivity index (χ3v) is 3.34. The summed E-state index contributed by atoms with van der Waals surface area (Å²) in [5, 5.41) is 3.38. The van der Waals surface area contributed by atoms with E-state index in [4.69, 9.17) is 0 Å². The van der Waals surface area contributed by atoms with Crippen molar-refractivity contribution in [2.75, 3.05) is 38.2 Å². The molecule has 1 heterocycles. The highest BCUT2D eigenvalue weighted by atomic mass is 32.2. The van der Waals surface area contributed by atoms with Crippen LogP contribution in [0.25, 0.3) is 0 Å². The van der Waals surface area contributed by atoms with E-state index in [1.54, 1.807) is 11.8 Å². The van der Waals surface area contributed by atoms with E-state index in [1.165, 1.54) is 4.90 Å². The number of alkyl halides is 3. The molecule has 0 saturated carbocycles. The van der Waals surface area contributed by atoms with Crippen LogP contribution in [0, 0.1) is 0 Å². The van der Waals surface area contributed by atoms with Gasteiger partial charge in [-0.3, -0.25) is 4.90 Å². The topological polar surface area (TPSA) is 15.3 Å². The highest BCUT2D eigenvalue weighted by Crippen LogP contribution is 2.19. The minimum atomic E-state index is -4.06. The summed E-state index contributed by atoms with van der Waals surface area (Å²) in [7, 11) is 0. The van der Waals surface area contributed by atoms with Gasteiger partial charge in [0.05, 0.1) is 6.54 Å². The predicted molar refractivity (Wildman–Crippen MR) is 61.9 cm³/mol. The van der Waals surface area contributed by atoms with Gasteiger partial charge in [-0.1, -0.05) is 0 Å².